The van der Waals surface area contributed by atoms with E-state index in [1.54, 1.807) is 6.33 Å². The van der Waals surface area contributed by atoms with Crippen LogP contribution < -0.4 is 0 Å². The third-order valence-corrected chi connectivity index (χ3v) is 2.32. The van der Waals surface area contributed by atoms with Crippen LogP contribution in [0.5, 0.6) is 0 Å². The van der Waals surface area contributed by atoms with Crippen molar-refractivity contribution in [1.29, 1.82) is 0 Å². The van der Waals surface area contributed by atoms with Gasteiger partial charge in [-0.05, 0) is 26.7 Å². The van der Waals surface area contributed by atoms with Crippen LogP contribution in [0.15, 0.2) is 24.6 Å². The monoisotopic (exact) mass is 189 g/mol. The van der Waals surface area contributed by atoms with E-state index < -0.39 is 0 Å². The predicted molar refractivity (Wildman–Crippen MR) is 56.8 cm³/mol. The number of nitrogens with zero attached hydrogens (tertiary/aromatic N) is 3. The van der Waals surface area contributed by atoms with E-state index in [0.717, 1.165) is 18.7 Å². The molecule has 1 heterocycles. The highest BCUT2D eigenvalue weighted by Gasteiger charge is 2.11. The predicted octanol–water partition coefficient (Wildman–Crippen LogP) is 2.59. The van der Waals surface area contributed by atoms with Gasteiger partial charge in [0, 0.05) is 11.6 Å². The lowest BCUT2D eigenvalue weighted by molar-refractivity contribution is 0.525. The van der Waals surface area contributed by atoms with Crippen molar-refractivity contribution in [3.63, 3.8) is 0 Å². The smallest absolute Gasteiger partial charge is 0.157 e. The van der Waals surface area contributed by atoms with Gasteiger partial charge in [0.2, 0.25) is 0 Å². The van der Waals surface area contributed by atoms with Crippen LogP contribution in [0.3, 0.4) is 0 Å². The summed E-state index contributed by atoms with van der Waals surface area (Å²) in [6, 6.07) is 0.365. The first-order chi connectivity index (χ1) is 6.79. The Hall–Kier alpha value is -1.38. The van der Waals surface area contributed by atoms with Gasteiger partial charge in [0.25, 0.3) is 0 Å². The summed E-state index contributed by atoms with van der Waals surface area (Å²) in [5.74, 6) is 0.982. The molecule has 3 nitrogen and oxygen atoms in total. The molecule has 2 rings (SSSR count). The van der Waals surface area contributed by atoms with Gasteiger partial charge >= 0.3 is 0 Å². The van der Waals surface area contributed by atoms with Crippen molar-refractivity contribution < 1.29 is 0 Å². The number of hydrogen-bond donors (Lipinski definition) is 0. The normalized spacial score (nSPS) is 16.1. The number of rotatable bonds is 2. The minimum Gasteiger partial charge on any atom is -0.243 e. The number of hydrogen-bond acceptors (Lipinski definition) is 2. The van der Waals surface area contributed by atoms with Crippen LogP contribution in [-0.4, -0.2) is 14.8 Å². The summed E-state index contributed by atoms with van der Waals surface area (Å²) in [6.45, 7) is 4.23. The van der Waals surface area contributed by atoms with E-state index in [9.17, 15) is 0 Å². The second-order valence-corrected chi connectivity index (χ2v) is 3.76. The topological polar surface area (TPSA) is 30.7 Å². The Balaban J connectivity index is 2.36. The Bertz CT molecular complexity index is 372. The molecule has 1 aliphatic carbocycles. The summed E-state index contributed by atoms with van der Waals surface area (Å²) in [5.41, 5.74) is 1.20. The average molecular weight is 189 g/mol. The highest BCUT2D eigenvalue weighted by molar-refractivity contribution is 5.70. The fraction of sp³-hybridized carbons (Fsp3) is 0.455. The largest absolute Gasteiger partial charge is 0.243 e. The maximum Gasteiger partial charge on any atom is 0.157 e. The molecule has 0 bridgehead atoms. The van der Waals surface area contributed by atoms with E-state index in [1.807, 2.05) is 4.68 Å². The Morgan fingerprint density at radius 3 is 2.86 bits per heavy atom. The van der Waals surface area contributed by atoms with E-state index in [4.69, 9.17) is 0 Å². The molecular formula is C11H15N3. The zero-order chi connectivity index (χ0) is 9.97. The van der Waals surface area contributed by atoms with Gasteiger partial charge in [0.15, 0.2) is 5.82 Å². The van der Waals surface area contributed by atoms with E-state index in [1.165, 1.54) is 5.57 Å². The standard InChI is InChI=1S/C11H15N3/c1-9(2)14-11(12-8-13-14)10-6-4-3-5-7-10/h4,6-9H,3,5H2,1-2H3. The second-order valence-electron chi connectivity index (χ2n) is 3.76. The van der Waals surface area contributed by atoms with Gasteiger partial charge in [-0.3, -0.25) is 0 Å². The van der Waals surface area contributed by atoms with Gasteiger partial charge in [-0.2, -0.15) is 5.10 Å². The first kappa shape index (κ1) is 9.19. The third kappa shape index (κ3) is 1.62. The van der Waals surface area contributed by atoms with Crippen molar-refractivity contribution in [2.45, 2.75) is 32.7 Å². The maximum atomic E-state index is 4.29. The zero-order valence-corrected chi connectivity index (χ0v) is 8.64. The minimum absolute atomic E-state index is 0.365. The molecule has 14 heavy (non-hydrogen) atoms. The Morgan fingerprint density at radius 1 is 1.36 bits per heavy atom. The van der Waals surface area contributed by atoms with E-state index in [-0.39, 0.29) is 0 Å². The van der Waals surface area contributed by atoms with Crippen LogP contribution in [0.1, 0.15) is 38.6 Å². The molecule has 0 saturated heterocycles. The fourth-order valence-electron chi connectivity index (χ4n) is 1.61. The molecule has 1 aromatic heterocycles. The van der Waals surface area contributed by atoms with Crippen molar-refractivity contribution in [2.24, 2.45) is 0 Å². The van der Waals surface area contributed by atoms with Gasteiger partial charge in [-0.1, -0.05) is 18.2 Å². The van der Waals surface area contributed by atoms with Crippen LogP contribution in [0, 0.1) is 0 Å². The summed E-state index contributed by atoms with van der Waals surface area (Å²) in [5, 5.41) is 4.22. The molecule has 0 aromatic carbocycles. The van der Waals surface area contributed by atoms with Crippen LogP contribution in [0.25, 0.3) is 5.57 Å². The highest BCUT2D eigenvalue weighted by atomic mass is 15.3. The summed E-state index contributed by atoms with van der Waals surface area (Å²) in [7, 11) is 0. The minimum atomic E-state index is 0.365. The van der Waals surface area contributed by atoms with Crippen molar-refractivity contribution in [2.75, 3.05) is 0 Å². The summed E-state index contributed by atoms with van der Waals surface area (Å²) < 4.78 is 1.96. The van der Waals surface area contributed by atoms with E-state index in [2.05, 4.69) is 42.2 Å². The molecule has 0 unspecified atom stereocenters. The molecule has 0 N–H and O–H groups in total. The van der Waals surface area contributed by atoms with E-state index in [0.29, 0.717) is 6.04 Å². The second kappa shape index (κ2) is 3.78. The van der Waals surface area contributed by atoms with Gasteiger partial charge in [-0.25, -0.2) is 9.67 Å². The molecule has 0 aliphatic heterocycles. The molecule has 0 atom stereocenters. The Kier molecular flexibility index (Phi) is 2.48. The molecular weight excluding hydrogens is 174 g/mol. The van der Waals surface area contributed by atoms with Gasteiger partial charge in [0.05, 0.1) is 0 Å². The van der Waals surface area contributed by atoms with Crippen molar-refractivity contribution in [3.8, 4) is 0 Å². The van der Waals surface area contributed by atoms with Crippen molar-refractivity contribution >= 4 is 5.57 Å². The molecule has 0 fully saturated rings. The van der Waals surface area contributed by atoms with Crippen molar-refractivity contribution in [1.82, 2.24) is 14.8 Å². The quantitative estimate of drug-likeness (QED) is 0.716. The average Bonchev–Trinajstić information content (AvgIpc) is 2.67. The van der Waals surface area contributed by atoms with Crippen LogP contribution in [0.2, 0.25) is 0 Å². The highest BCUT2D eigenvalue weighted by Crippen LogP contribution is 2.20. The Labute approximate surface area is 84.2 Å². The van der Waals surface area contributed by atoms with Gasteiger partial charge < -0.3 is 0 Å². The van der Waals surface area contributed by atoms with E-state index >= 15 is 0 Å². The molecule has 0 radical (unpaired) electrons. The number of allylic oxidation sites excluding steroid dienone is 4. The van der Waals surface area contributed by atoms with Gasteiger partial charge in [-0.15, -0.1) is 0 Å². The number of aromatic nitrogens is 3. The summed E-state index contributed by atoms with van der Waals surface area (Å²) in [6.07, 6.45) is 10.4. The first-order valence-electron chi connectivity index (χ1n) is 5.05. The van der Waals surface area contributed by atoms with Crippen LogP contribution in [-0.2, 0) is 0 Å². The summed E-state index contributed by atoms with van der Waals surface area (Å²) >= 11 is 0. The Morgan fingerprint density at radius 2 is 2.21 bits per heavy atom. The SMILES string of the molecule is CC(C)n1ncnc1C1=CCCC=C1. The van der Waals surface area contributed by atoms with Gasteiger partial charge in [0.1, 0.15) is 6.33 Å². The summed E-state index contributed by atoms with van der Waals surface area (Å²) in [4.78, 5) is 4.29. The molecule has 74 valence electrons. The zero-order valence-electron chi connectivity index (χ0n) is 8.64. The lowest BCUT2D eigenvalue weighted by atomic mass is 10.1. The van der Waals surface area contributed by atoms with Crippen LogP contribution >= 0.6 is 0 Å². The molecule has 1 aliphatic rings. The van der Waals surface area contributed by atoms with Crippen LogP contribution in [0.4, 0.5) is 0 Å². The lowest BCUT2D eigenvalue weighted by Gasteiger charge is -2.11. The van der Waals surface area contributed by atoms with Crippen molar-refractivity contribution in [3.05, 3.63) is 30.4 Å². The third-order valence-electron chi connectivity index (χ3n) is 2.32. The molecule has 0 spiro atoms. The fourth-order valence-corrected chi connectivity index (χ4v) is 1.61. The molecule has 3 heteroatoms. The first-order valence-corrected chi connectivity index (χ1v) is 5.05. The lowest BCUT2D eigenvalue weighted by Crippen LogP contribution is -2.07. The molecule has 1 aromatic rings. The molecule has 0 saturated carbocycles. The maximum absolute atomic E-state index is 4.29. The molecule has 0 amide bonds.